The third-order valence-electron chi connectivity index (χ3n) is 4.73. The third-order valence-corrected chi connectivity index (χ3v) is 4.73. The van der Waals surface area contributed by atoms with Crippen molar-refractivity contribution in [2.45, 2.75) is 33.3 Å². The first kappa shape index (κ1) is 21.5. The molecule has 4 rings (SSSR count). The van der Waals surface area contributed by atoms with Crippen molar-refractivity contribution in [3.05, 3.63) is 41.7 Å². The van der Waals surface area contributed by atoms with E-state index >= 15 is 0 Å². The molecule has 0 radical (unpaired) electrons. The summed E-state index contributed by atoms with van der Waals surface area (Å²) in [6.07, 6.45) is 1.92. The van der Waals surface area contributed by atoms with Gasteiger partial charge >= 0.3 is 0 Å². The number of aromatic amines is 1. The van der Waals surface area contributed by atoms with Crippen LogP contribution in [0.1, 0.15) is 31.2 Å². The fraction of sp³-hybridized carbons (Fsp3) is 0.333. The number of rotatable bonds is 10. The molecule has 2 heterocycles. The Hall–Kier alpha value is -3.70. The Morgan fingerprint density at radius 1 is 1.16 bits per heavy atom. The van der Waals surface area contributed by atoms with Crippen molar-refractivity contribution in [3.8, 4) is 0 Å². The van der Waals surface area contributed by atoms with Gasteiger partial charge in [0, 0.05) is 29.1 Å². The Morgan fingerprint density at radius 3 is 2.56 bits per heavy atom. The van der Waals surface area contributed by atoms with Crippen LogP contribution in [0.25, 0.3) is 0 Å². The first-order chi connectivity index (χ1) is 15.5. The van der Waals surface area contributed by atoms with Gasteiger partial charge in [0.2, 0.25) is 11.9 Å². The van der Waals surface area contributed by atoms with Crippen molar-refractivity contribution in [1.29, 1.82) is 0 Å². The molecular weight excluding hydrogens is 412 g/mol. The van der Waals surface area contributed by atoms with Gasteiger partial charge in [0.25, 0.3) is 0 Å². The summed E-state index contributed by atoms with van der Waals surface area (Å²) in [5.74, 6) is 1.50. The van der Waals surface area contributed by atoms with Crippen LogP contribution in [0.15, 0.2) is 30.3 Å². The van der Waals surface area contributed by atoms with Crippen molar-refractivity contribution in [1.82, 2.24) is 20.2 Å². The maximum atomic E-state index is 11.9. The Bertz CT molecular complexity index is 1080. The maximum Gasteiger partial charge on any atom is 0.229 e. The molecule has 168 valence electrons. The highest BCUT2D eigenvalue weighted by molar-refractivity contribution is 5.94. The van der Waals surface area contributed by atoms with Crippen molar-refractivity contribution in [2.24, 2.45) is 5.92 Å². The minimum Gasteiger partial charge on any atom is -0.394 e. The van der Waals surface area contributed by atoms with E-state index in [1.807, 2.05) is 44.2 Å². The summed E-state index contributed by atoms with van der Waals surface area (Å²) in [7, 11) is 0. The van der Waals surface area contributed by atoms with Gasteiger partial charge < -0.3 is 21.7 Å². The second-order valence-electron chi connectivity index (χ2n) is 7.45. The summed E-state index contributed by atoms with van der Waals surface area (Å²) in [6.45, 7) is 4.17. The average Bonchev–Trinajstić information content (AvgIpc) is 3.55. The molecule has 0 bridgehead atoms. The van der Waals surface area contributed by atoms with Crippen molar-refractivity contribution < 1.29 is 14.6 Å². The van der Waals surface area contributed by atoms with Crippen LogP contribution in [0.4, 0.5) is 34.6 Å². The number of hydrogen-bond donors (Lipinski definition) is 5. The van der Waals surface area contributed by atoms with E-state index in [0.717, 1.165) is 29.9 Å². The zero-order valence-electron chi connectivity index (χ0n) is 17.9. The number of anilines is 6. The van der Waals surface area contributed by atoms with Crippen LogP contribution < -0.4 is 21.7 Å². The predicted octanol–water partition coefficient (Wildman–Crippen LogP) is 3.39. The fourth-order valence-electron chi connectivity index (χ4n) is 2.92. The Kier molecular flexibility index (Phi) is 6.47. The quantitative estimate of drug-likeness (QED) is 0.182. The highest BCUT2D eigenvalue weighted by Crippen LogP contribution is 2.30. The van der Waals surface area contributed by atoms with Crippen LogP contribution >= 0.6 is 0 Å². The van der Waals surface area contributed by atoms with E-state index in [0.29, 0.717) is 35.6 Å². The molecule has 1 amide bonds. The molecule has 1 saturated carbocycles. The molecule has 0 spiro atoms. The number of nitrogen functional groups attached to an aromatic ring is 1. The van der Waals surface area contributed by atoms with Gasteiger partial charge in [0.15, 0.2) is 11.6 Å². The molecule has 1 aliphatic carbocycles. The topological polar surface area (TPSA) is 152 Å². The molecule has 0 saturated heterocycles. The SMILES string of the molecule is CCOOCc1nc(Nc2ccc(NC(=O)C3CC3)cc2)nc(Nc2cc(C)[nH]n2)c1N. The molecule has 32 heavy (non-hydrogen) atoms. The number of amides is 1. The minimum absolute atomic E-state index is 0.0529. The van der Waals surface area contributed by atoms with E-state index in [9.17, 15) is 4.79 Å². The molecule has 11 heteroatoms. The number of carbonyl (C=O) groups excluding carboxylic acids is 1. The Morgan fingerprint density at radius 2 is 1.91 bits per heavy atom. The molecule has 0 aliphatic heterocycles. The number of nitrogens with two attached hydrogens (primary N) is 1. The molecule has 2 aromatic heterocycles. The standard InChI is InChI=1S/C21H26N8O3/c1-3-31-32-11-16-18(22)19(26-17-10-12(2)28-29-17)27-21(25-16)24-15-8-6-14(7-9-15)23-20(30)13-4-5-13/h6-10,13H,3-5,11,22H2,1-2H3,(H,23,30)(H3,24,25,26,27,28,29). The van der Waals surface area contributed by atoms with Gasteiger partial charge in [-0.3, -0.25) is 9.89 Å². The molecule has 6 N–H and O–H groups in total. The molecule has 11 nitrogen and oxygen atoms in total. The molecule has 1 aliphatic rings. The maximum absolute atomic E-state index is 11.9. The predicted molar refractivity (Wildman–Crippen MR) is 121 cm³/mol. The second kappa shape index (κ2) is 9.62. The highest BCUT2D eigenvalue weighted by atomic mass is 17.2. The monoisotopic (exact) mass is 438 g/mol. The van der Waals surface area contributed by atoms with Gasteiger partial charge in [-0.15, -0.1) is 0 Å². The van der Waals surface area contributed by atoms with E-state index in [4.69, 9.17) is 15.5 Å². The molecule has 3 aromatic rings. The Labute approximate surface area is 185 Å². The zero-order chi connectivity index (χ0) is 22.5. The molecule has 1 aromatic carbocycles. The second-order valence-corrected chi connectivity index (χ2v) is 7.45. The first-order valence-corrected chi connectivity index (χ1v) is 10.4. The summed E-state index contributed by atoms with van der Waals surface area (Å²) in [6, 6.07) is 9.15. The van der Waals surface area contributed by atoms with Gasteiger partial charge in [0.1, 0.15) is 12.3 Å². The number of aromatic nitrogens is 4. The smallest absolute Gasteiger partial charge is 0.229 e. The van der Waals surface area contributed by atoms with Crippen LogP contribution in [0.2, 0.25) is 0 Å². The summed E-state index contributed by atoms with van der Waals surface area (Å²) in [5.41, 5.74) is 9.42. The Balaban J connectivity index is 1.52. The van der Waals surface area contributed by atoms with E-state index < -0.39 is 0 Å². The lowest BCUT2D eigenvalue weighted by molar-refractivity contribution is -0.301. The molecule has 0 atom stereocenters. The van der Waals surface area contributed by atoms with Gasteiger partial charge in [0.05, 0.1) is 12.3 Å². The van der Waals surface area contributed by atoms with Crippen LogP contribution in [-0.2, 0) is 21.2 Å². The third kappa shape index (κ3) is 5.50. The highest BCUT2D eigenvalue weighted by Gasteiger charge is 2.29. The number of benzene rings is 1. The van der Waals surface area contributed by atoms with Crippen LogP contribution in [0.5, 0.6) is 0 Å². The molecule has 0 unspecified atom stereocenters. The van der Waals surface area contributed by atoms with Crippen LogP contribution in [-0.4, -0.2) is 32.7 Å². The summed E-state index contributed by atoms with van der Waals surface area (Å²) >= 11 is 0. The number of nitrogens with zero attached hydrogens (tertiary/aromatic N) is 3. The number of nitrogens with one attached hydrogen (secondary N) is 4. The lowest BCUT2D eigenvalue weighted by Gasteiger charge is -2.14. The van der Waals surface area contributed by atoms with Crippen molar-refractivity contribution in [3.63, 3.8) is 0 Å². The van der Waals surface area contributed by atoms with Crippen LogP contribution in [0.3, 0.4) is 0 Å². The number of carbonyl (C=O) groups is 1. The average molecular weight is 438 g/mol. The van der Waals surface area contributed by atoms with Crippen LogP contribution in [0, 0.1) is 12.8 Å². The normalized spacial score (nSPS) is 13.1. The molecule has 1 fully saturated rings. The number of aryl methyl sites for hydroxylation is 1. The van der Waals surface area contributed by atoms with Crippen molar-refractivity contribution >= 4 is 40.6 Å². The first-order valence-electron chi connectivity index (χ1n) is 10.4. The fourth-order valence-corrected chi connectivity index (χ4v) is 2.92. The summed E-state index contributed by atoms with van der Waals surface area (Å²) in [5, 5.41) is 16.2. The molecular formula is C21H26N8O3. The lowest BCUT2D eigenvalue weighted by Crippen LogP contribution is -2.13. The number of hydrogen-bond acceptors (Lipinski definition) is 9. The van der Waals surface area contributed by atoms with Crippen molar-refractivity contribution in [2.75, 3.05) is 28.3 Å². The summed E-state index contributed by atoms with van der Waals surface area (Å²) < 4.78 is 0. The van der Waals surface area contributed by atoms with Gasteiger partial charge in [-0.1, -0.05) is 0 Å². The van der Waals surface area contributed by atoms with E-state index in [2.05, 4.69) is 36.1 Å². The largest absolute Gasteiger partial charge is 0.394 e. The van der Waals surface area contributed by atoms with Gasteiger partial charge in [-0.2, -0.15) is 10.1 Å². The zero-order valence-corrected chi connectivity index (χ0v) is 17.9. The van der Waals surface area contributed by atoms with E-state index in [1.165, 1.54) is 0 Å². The van der Waals surface area contributed by atoms with Gasteiger partial charge in [-0.05, 0) is 51.0 Å². The van der Waals surface area contributed by atoms with E-state index in [-0.39, 0.29) is 18.4 Å². The number of H-pyrrole nitrogens is 1. The minimum atomic E-state index is 0.0529. The summed E-state index contributed by atoms with van der Waals surface area (Å²) in [4.78, 5) is 31.0. The lowest BCUT2D eigenvalue weighted by atomic mass is 10.2. The van der Waals surface area contributed by atoms with E-state index in [1.54, 1.807) is 0 Å². The van der Waals surface area contributed by atoms with Gasteiger partial charge in [-0.25, -0.2) is 14.8 Å².